The van der Waals surface area contributed by atoms with Crippen molar-refractivity contribution in [3.8, 4) is 0 Å². The van der Waals surface area contributed by atoms with Gasteiger partial charge < -0.3 is 15.3 Å². The first-order valence-electron chi connectivity index (χ1n) is 4.87. The van der Waals surface area contributed by atoms with Crippen LogP contribution in [0.15, 0.2) is 30.3 Å². The number of carboxylic acid groups (broad SMARTS) is 1. The SMILES string of the molecule is CNCC(=O)N(CC(=O)O)c1ccccc1. The molecule has 1 aromatic carbocycles. The summed E-state index contributed by atoms with van der Waals surface area (Å²) < 4.78 is 0. The average molecular weight is 222 g/mol. The highest BCUT2D eigenvalue weighted by Crippen LogP contribution is 2.12. The zero-order chi connectivity index (χ0) is 12.0. The van der Waals surface area contributed by atoms with Crippen LogP contribution >= 0.6 is 0 Å². The van der Waals surface area contributed by atoms with Gasteiger partial charge in [-0.3, -0.25) is 9.59 Å². The Morgan fingerprint density at radius 1 is 1.31 bits per heavy atom. The minimum absolute atomic E-state index is 0.113. The van der Waals surface area contributed by atoms with E-state index in [-0.39, 0.29) is 19.0 Å². The topological polar surface area (TPSA) is 69.6 Å². The van der Waals surface area contributed by atoms with Crippen molar-refractivity contribution in [3.63, 3.8) is 0 Å². The molecule has 0 saturated carbocycles. The zero-order valence-corrected chi connectivity index (χ0v) is 9.01. The quantitative estimate of drug-likeness (QED) is 0.753. The molecule has 0 heterocycles. The highest BCUT2D eigenvalue weighted by molar-refractivity contribution is 5.98. The molecule has 0 aromatic heterocycles. The van der Waals surface area contributed by atoms with E-state index in [0.717, 1.165) is 0 Å². The lowest BCUT2D eigenvalue weighted by molar-refractivity contribution is -0.136. The number of nitrogens with zero attached hydrogens (tertiary/aromatic N) is 1. The summed E-state index contributed by atoms with van der Waals surface area (Å²) in [5.41, 5.74) is 0.588. The van der Waals surface area contributed by atoms with Gasteiger partial charge in [0.05, 0.1) is 6.54 Å². The lowest BCUT2D eigenvalue weighted by Gasteiger charge is -2.20. The maximum absolute atomic E-state index is 11.7. The molecule has 0 aliphatic heterocycles. The molecule has 1 amide bonds. The van der Waals surface area contributed by atoms with Gasteiger partial charge in [-0.25, -0.2) is 0 Å². The van der Waals surface area contributed by atoms with Gasteiger partial charge >= 0.3 is 5.97 Å². The van der Waals surface area contributed by atoms with E-state index in [9.17, 15) is 9.59 Å². The number of hydrogen-bond donors (Lipinski definition) is 2. The predicted octanol–water partition coefficient (Wildman–Crippen LogP) is 0.324. The number of benzene rings is 1. The summed E-state index contributed by atoms with van der Waals surface area (Å²) in [6, 6.07) is 8.74. The Morgan fingerprint density at radius 3 is 2.44 bits per heavy atom. The molecule has 0 spiro atoms. The van der Waals surface area contributed by atoms with Gasteiger partial charge in [0.15, 0.2) is 0 Å². The molecule has 0 bridgehead atoms. The maximum Gasteiger partial charge on any atom is 0.323 e. The smallest absolute Gasteiger partial charge is 0.323 e. The van der Waals surface area contributed by atoms with E-state index in [4.69, 9.17) is 5.11 Å². The minimum atomic E-state index is -1.03. The van der Waals surface area contributed by atoms with E-state index in [1.807, 2.05) is 6.07 Å². The molecule has 0 saturated heterocycles. The number of carbonyl (C=O) groups excluding carboxylic acids is 1. The van der Waals surface area contributed by atoms with Gasteiger partial charge in [0.25, 0.3) is 0 Å². The van der Waals surface area contributed by atoms with E-state index in [0.29, 0.717) is 5.69 Å². The van der Waals surface area contributed by atoms with E-state index < -0.39 is 5.97 Å². The van der Waals surface area contributed by atoms with Crippen molar-refractivity contribution >= 4 is 17.6 Å². The Labute approximate surface area is 93.7 Å². The average Bonchev–Trinajstić information content (AvgIpc) is 2.27. The summed E-state index contributed by atoms with van der Waals surface area (Å²) in [7, 11) is 1.64. The largest absolute Gasteiger partial charge is 0.480 e. The second-order valence-corrected chi connectivity index (χ2v) is 3.24. The van der Waals surface area contributed by atoms with Gasteiger partial charge in [-0.05, 0) is 19.2 Å². The van der Waals surface area contributed by atoms with Gasteiger partial charge in [0.2, 0.25) is 5.91 Å². The number of nitrogens with one attached hydrogen (secondary N) is 1. The number of likely N-dealkylation sites (N-methyl/N-ethyl adjacent to an activating group) is 1. The van der Waals surface area contributed by atoms with Crippen LogP contribution in [-0.4, -0.2) is 37.1 Å². The zero-order valence-electron chi connectivity index (χ0n) is 9.01. The molecule has 0 unspecified atom stereocenters. The van der Waals surface area contributed by atoms with Crippen molar-refractivity contribution < 1.29 is 14.7 Å². The van der Waals surface area contributed by atoms with Gasteiger partial charge in [0.1, 0.15) is 6.54 Å². The molecule has 0 fully saturated rings. The minimum Gasteiger partial charge on any atom is -0.480 e. The standard InChI is InChI=1S/C11H14N2O3/c1-12-7-10(14)13(8-11(15)16)9-5-3-2-4-6-9/h2-6,12H,7-8H2,1H3,(H,15,16). The van der Waals surface area contributed by atoms with Crippen LogP contribution in [-0.2, 0) is 9.59 Å². The summed E-state index contributed by atoms with van der Waals surface area (Å²) in [5.74, 6) is -1.30. The Morgan fingerprint density at radius 2 is 1.94 bits per heavy atom. The highest BCUT2D eigenvalue weighted by Gasteiger charge is 2.17. The third-order valence-corrected chi connectivity index (χ3v) is 1.99. The predicted molar refractivity (Wildman–Crippen MR) is 60.4 cm³/mol. The van der Waals surface area contributed by atoms with Crippen molar-refractivity contribution in [1.29, 1.82) is 0 Å². The van der Waals surface area contributed by atoms with E-state index in [1.54, 1.807) is 31.3 Å². The lowest BCUT2D eigenvalue weighted by Crippen LogP contribution is -2.40. The first-order valence-corrected chi connectivity index (χ1v) is 4.87. The molecule has 16 heavy (non-hydrogen) atoms. The third kappa shape index (κ3) is 3.36. The third-order valence-electron chi connectivity index (χ3n) is 1.99. The maximum atomic E-state index is 11.7. The van der Waals surface area contributed by atoms with Gasteiger partial charge in [-0.2, -0.15) is 0 Å². The monoisotopic (exact) mass is 222 g/mol. The number of para-hydroxylation sites is 1. The summed E-state index contributed by atoms with van der Waals surface area (Å²) in [6.07, 6.45) is 0. The number of anilines is 1. The molecule has 5 nitrogen and oxygen atoms in total. The molecule has 0 aliphatic rings. The van der Waals surface area contributed by atoms with Gasteiger partial charge in [-0.15, -0.1) is 0 Å². The van der Waals surface area contributed by atoms with E-state index in [2.05, 4.69) is 5.32 Å². The Hall–Kier alpha value is -1.88. The number of rotatable bonds is 5. The fraction of sp³-hybridized carbons (Fsp3) is 0.273. The summed E-state index contributed by atoms with van der Waals surface area (Å²) in [6.45, 7) is -0.216. The number of hydrogen-bond acceptors (Lipinski definition) is 3. The van der Waals surface area contributed by atoms with Crippen molar-refractivity contribution in [2.45, 2.75) is 0 Å². The molecule has 0 radical (unpaired) electrons. The van der Waals surface area contributed by atoms with Crippen LogP contribution in [0.25, 0.3) is 0 Å². The second kappa shape index (κ2) is 5.87. The van der Waals surface area contributed by atoms with Crippen LogP contribution in [0.1, 0.15) is 0 Å². The molecule has 2 N–H and O–H groups in total. The number of carbonyl (C=O) groups is 2. The molecule has 0 aliphatic carbocycles. The molecule has 0 atom stereocenters. The molecule has 5 heteroatoms. The Kier molecular flexibility index (Phi) is 4.47. The highest BCUT2D eigenvalue weighted by atomic mass is 16.4. The number of carboxylic acids is 1. The second-order valence-electron chi connectivity index (χ2n) is 3.24. The van der Waals surface area contributed by atoms with Crippen LogP contribution in [0.2, 0.25) is 0 Å². The van der Waals surface area contributed by atoms with E-state index >= 15 is 0 Å². The summed E-state index contributed by atoms with van der Waals surface area (Å²) >= 11 is 0. The first kappa shape index (κ1) is 12.2. The van der Waals surface area contributed by atoms with E-state index in [1.165, 1.54) is 4.90 Å². The molecule has 1 aromatic rings. The Bertz CT molecular complexity index is 365. The van der Waals surface area contributed by atoms with Gasteiger partial charge in [0, 0.05) is 5.69 Å². The van der Waals surface area contributed by atoms with Crippen molar-refractivity contribution in [2.75, 3.05) is 25.0 Å². The van der Waals surface area contributed by atoms with Crippen LogP contribution in [0, 0.1) is 0 Å². The Balaban J connectivity index is 2.87. The number of aliphatic carboxylic acids is 1. The molecule has 1 rings (SSSR count). The summed E-state index contributed by atoms with van der Waals surface area (Å²) in [5, 5.41) is 11.5. The van der Waals surface area contributed by atoms with Gasteiger partial charge in [-0.1, -0.05) is 18.2 Å². The van der Waals surface area contributed by atoms with Crippen LogP contribution in [0.5, 0.6) is 0 Å². The number of amides is 1. The van der Waals surface area contributed by atoms with Crippen molar-refractivity contribution in [3.05, 3.63) is 30.3 Å². The lowest BCUT2D eigenvalue weighted by atomic mass is 10.3. The fourth-order valence-corrected chi connectivity index (χ4v) is 1.31. The van der Waals surface area contributed by atoms with Crippen molar-refractivity contribution in [1.82, 2.24) is 5.32 Å². The normalized spacial score (nSPS) is 9.81. The molecule has 86 valence electrons. The molecular formula is C11H14N2O3. The van der Waals surface area contributed by atoms with Crippen LogP contribution < -0.4 is 10.2 Å². The summed E-state index contributed by atoms with van der Waals surface area (Å²) in [4.78, 5) is 23.6. The first-order chi connectivity index (χ1) is 7.65. The fourth-order valence-electron chi connectivity index (χ4n) is 1.31. The molecular weight excluding hydrogens is 208 g/mol. The van der Waals surface area contributed by atoms with Crippen LogP contribution in [0.3, 0.4) is 0 Å². The van der Waals surface area contributed by atoms with Crippen molar-refractivity contribution in [2.24, 2.45) is 0 Å². The van der Waals surface area contributed by atoms with Crippen LogP contribution in [0.4, 0.5) is 5.69 Å².